The zero-order valence-corrected chi connectivity index (χ0v) is 30.0. The minimum Gasteiger partial charge on any atom is -0.457 e. The molecule has 1 heteroatoms. The van der Waals surface area contributed by atoms with Gasteiger partial charge in [0.15, 0.2) is 0 Å². The van der Waals surface area contributed by atoms with Crippen LogP contribution in [0, 0.1) is 0 Å². The van der Waals surface area contributed by atoms with Crippen molar-refractivity contribution in [2.45, 2.75) is 10.8 Å². The Morgan fingerprint density at radius 1 is 0.309 bits per heavy atom. The lowest BCUT2D eigenvalue weighted by Gasteiger charge is -2.42. The summed E-state index contributed by atoms with van der Waals surface area (Å²) in [6, 6.07) is 76.3. The molecule has 9 aromatic carbocycles. The van der Waals surface area contributed by atoms with E-state index in [0.717, 1.165) is 22.6 Å². The Labute approximate surface area is 320 Å². The van der Waals surface area contributed by atoms with Crippen molar-refractivity contribution in [3.8, 4) is 44.9 Å². The first-order valence-corrected chi connectivity index (χ1v) is 19.2. The van der Waals surface area contributed by atoms with Crippen molar-refractivity contribution in [2.24, 2.45) is 0 Å². The van der Waals surface area contributed by atoms with Gasteiger partial charge in [-0.3, -0.25) is 0 Å². The molecule has 0 fully saturated rings. The summed E-state index contributed by atoms with van der Waals surface area (Å²) in [4.78, 5) is 0. The molecule has 1 heterocycles. The van der Waals surface area contributed by atoms with Gasteiger partial charge in [-0.2, -0.15) is 0 Å². The summed E-state index contributed by atoms with van der Waals surface area (Å²) in [6.07, 6.45) is 0. The molecule has 1 atom stereocenters. The quantitative estimate of drug-likeness (QED) is 0.178. The predicted molar refractivity (Wildman–Crippen MR) is 224 cm³/mol. The summed E-state index contributed by atoms with van der Waals surface area (Å²) in [5.41, 5.74) is 16.5. The molecular formula is C54H34O. The second-order valence-corrected chi connectivity index (χ2v) is 15.1. The molecule has 1 nitrogen and oxygen atoms in total. The molecule has 0 saturated carbocycles. The zero-order valence-electron chi connectivity index (χ0n) is 30.0. The Kier molecular flexibility index (Phi) is 6.25. The van der Waals surface area contributed by atoms with Crippen LogP contribution < -0.4 is 4.74 Å². The first kappa shape index (κ1) is 30.5. The normalized spacial score (nSPS) is 16.4. The molecule has 0 N–H and O–H groups in total. The average molecular weight is 699 g/mol. The maximum absolute atomic E-state index is 6.84. The van der Waals surface area contributed by atoms with Crippen LogP contribution in [0.1, 0.15) is 44.5 Å². The molecule has 1 aliphatic heterocycles. The third-order valence-electron chi connectivity index (χ3n) is 12.6. The zero-order chi connectivity index (χ0) is 36.1. The van der Waals surface area contributed by atoms with Gasteiger partial charge in [-0.25, -0.2) is 0 Å². The molecule has 55 heavy (non-hydrogen) atoms. The molecule has 2 aliphatic carbocycles. The number of para-hydroxylation sites is 1. The summed E-state index contributed by atoms with van der Waals surface area (Å²) in [6.45, 7) is 0. The van der Waals surface area contributed by atoms with Crippen LogP contribution >= 0.6 is 0 Å². The second-order valence-electron chi connectivity index (χ2n) is 15.1. The summed E-state index contributed by atoms with van der Waals surface area (Å²) in [7, 11) is 0. The summed E-state index contributed by atoms with van der Waals surface area (Å²) < 4.78 is 6.84. The van der Waals surface area contributed by atoms with Crippen molar-refractivity contribution < 1.29 is 4.74 Å². The highest BCUT2D eigenvalue weighted by molar-refractivity contribution is 6.08. The van der Waals surface area contributed by atoms with Gasteiger partial charge in [0.1, 0.15) is 11.5 Å². The second kappa shape index (κ2) is 11.3. The van der Waals surface area contributed by atoms with Gasteiger partial charge in [0, 0.05) is 11.1 Å². The van der Waals surface area contributed by atoms with Crippen molar-refractivity contribution in [3.05, 3.63) is 251 Å². The van der Waals surface area contributed by atoms with Gasteiger partial charge in [-0.15, -0.1) is 0 Å². The number of rotatable bonds is 3. The Morgan fingerprint density at radius 3 is 1.55 bits per heavy atom. The van der Waals surface area contributed by atoms with E-state index < -0.39 is 10.8 Å². The molecule has 0 amide bonds. The smallest absolute Gasteiger partial charge is 0.132 e. The Balaban J connectivity index is 1.21. The summed E-state index contributed by atoms with van der Waals surface area (Å²) in [5, 5.41) is 2.61. The molecule has 0 aromatic heterocycles. The van der Waals surface area contributed by atoms with E-state index in [-0.39, 0.29) is 0 Å². The van der Waals surface area contributed by atoms with Crippen molar-refractivity contribution in [1.82, 2.24) is 0 Å². The summed E-state index contributed by atoms with van der Waals surface area (Å²) in [5.74, 6) is 1.76. The Bertz CT molecular complexity index is 2970. The first-order valence-electron chi connectivity index (χ1n) is 19.2. The average Bonchev–Trinajstić information content (AvgIpc) is 3.56. The van der Waals surface area contributed by atoms with Crippen LogP contribution in [0.3, 0.4) is 0 Å². The van der Waals surface area contributed by atoms with Crippen LogP contribution in [0.5, 0.6) is 11.5 Å². The minimum absolute atomic E-state index is 0.526. The molecular weight excluding hydrogens is 665 g/mol. The lowest BCUT2D eigenvalue weighted by atomic mass is 9.60. The van der Waals surface area contributed by atoms with Crippen molar-refractivity contribution >= 4 is 10.8 Å². The Morgan fingerprint density at radius 2 is 0.818 bits per heavy atom. The molecule has 12 rings (SSSR count). The van der Waals surface area contributed by atoms with Crippen LogP contribution in [0.15, 0.2) is 206 Å². The lowest BCUT2D eigenvalue weighted by Crippen LogP contribution is -2.34. The maximum Gasteiger partial charge on any atom is 0.132 e. The van der Waals surface area contributed by atoms with Gasteiger partial charge in [0.2, 0.25) is 0 Å². The SMILES string of the molecule is c1ccc(C2(c3ccccc3)c3ccccc3Oc3ccc(-c4cccc5c4C4(c6ccccc6-5)c5ccccc5-c5cccc6cccc4c56)cc32)cc1. The van der Waals surface area contributed by atoms with Gasteiger partial charge in [-0.05, 0) is 95.7 Å². The third-order valence-corrected chi connectivity index (χ3v) is 12.6. The van der Waals surface area contributed by atoms with E-state index in [4.69, 9.17) is 4.74 Å². The third kappa shape index (κ3) is 3.87. The van der Waals surface area contributed by atoms with Gasteiger partial charge in [0.25, 0.3) is 0 Å². The van der Waals surface area contributed by atoms with Crippen molar-refractivity contribution in [3.63, 3.8) is 0 Å². The molecule has 1 unspecified atom stereocenters. The lowest BCUT2D eigenvalue weighted by molar-refractivity contribution is 0.434. The van der Waals surface area contributed by atoms with E-state index in [9.17, 15) is 0 Å². The first-order chi connectivity index (χ1) is 27.3. The van der Waals surface area contributed by atoms with Gasteiger partial charge in [0.05, 0.1) is 10.8 Å². The molecule has 3 aliphatic rings. The van der Waals surface area contributed by atoms with E-state index in [0.29, 0.717) is 0 Å². The highest BCUT2D eigenvalue weighted by Gasteiger charge is 2.52. The highest BCUT2D eigenvalue weighted by Crippen LogP contribution is 2.64. The number of hydrogen-bond acceptors (Lipinski definition) is 1. The van der Waals surface area contributed by atoms with Gasteiger partial charge < -0.3 is 4.74 Å². The topological polar surface area (TPSA) is 9.23 Å². The van der Waals surface area contributed by atoms with Crippen molar-refractivity contribution in [1.29, 1.82) is 0 Å². The standard InChI is InChI=1S/C54H34O/c1-3-18-37(19-4-1)53(38-20-5-2-6-21-38)46-29-11-12-31-49(46)55-50-33-32-36(34-48(50)53)39-24-15-26-43-41-23-8-10-28-45(41)54(52(39)43)44-27-9-7-22-40(44)42-25-13-16-35-17-14-30-47(54)51(35)42/h1-34H. The fraction of sp³-hybridized carbons (Fsp3) is 0.0370. The van der Waals surface area contributed by atoms with Crippen LogP contribution in [0.2, 0.25) is 0 Å². The molecule has 0 bridgehead atoms. The highest BCUT2D eigenvalue weighted by atomic mass is 16.5. The fourth-order valence-electron chi connectivity index (χ4n) is 10.6. The van der Waals surface area contributed by atoms with E-state index in [2.05, 4.69) is 206 Å². The van der Waals surface area contributed by atoms with Crippen LogP contribution in [0.25, 0.3) is 44.2 Å². The molecule has 9 aromatic rings. The fourth-order valence-corrected chi connectivity index (χ4v) is 10.6. The molecule has 256 valence electrons. The summed E-state index contributed by atoms with van der Waals surface area (Å²) >= 11 is 0. The van der Waals surface area contributed by atoms with Crippen LogP contribution in [-0.4, -0.2) is 0 Å². The number of fused-ring (bicyclic) bond motifs is 11. The predicted octanol–water partition coefficient (Wildman–Crippen LogP) is 13.3. The molecule has 0 radical (unpaired) electrons. The van der Waals surface area contributed by atoms with E-state index in [1.165, 1.54) is 77.5 Å². The number of hydrogen-bond donors (Lipinski definition) is 0. The van der Waals surface area contributed by atoms with E-state index in [1.807, 2.05) is 0 Å². The molecule has 1 spiro atoms. The van der Waals surface area contributed by atoms with E-state index >= 15 is 0 Å². The number of ether oxygens (including phenoxy) is 1. The van der Waals surface area contributed by atoms with Gasteiger partial charge >= 0.3 is 0 Å². The van der Waals surface area contributed by atoms with Crippen LogP contribution in [-0.2, 0) is 10.8 Å². The largest absolute Gasteiger partial charge is 0.457 e. The Hall–Kier alpha value is -6.96. The van der Waals surface area contributed by atoms with E-state index in [1.54, 1.807) is 0 Å². The molecule has 0 saturated heterocycles. The van der Waals surface area contributed by atoms with Gasteiger partial charge in [-0.1, -0.05) is 188 Å². The number of benzene rings is 9. The minimum atomic E-state index is -0.608. The van der Waals surface area contributed by atoms with Crippen molar-refractivity contribution in [2.75, 3.05) is 0 Å². The monoisotopic (exact) mass is 698 g/mol. The maximum atomic E-state index is 6.84. The van der Waals surface area contributed by atoms with Crippen LogP contribution in [0.4, 0.5) is 0 Å².